The molecule has 2 N–H and O–H groups in total. The molecule has 0 aliphatic heterocycles. The van der Waals surface area contributed by atoms with Crippen molar-refractivity contribution in [2.24, 2.45) is 0 Å². The van der Waals surface area contributed by atoms with Gasteiger partial charge in [-0.15, -0.1) is 0 Å². The lowest BCUT2D eigenvalue weighted by molar-refractivity contribution is 0.106. The molecule has 0 unspecified atom stereocenters. The van der Waals surface area contributed by atoms with Crippen LogP contribution in [0.15, 0.2) is 30.3 Å². The number of benzene rings is 2. The quantitative estimate of drug-likeness (QED) is 0.693. The maximum absolute atomic E-state index is 10.9. The van der Waals surface area contributed by atoms with Crippen LogP contribution in [0.2, 0.25) is 0 Å². The van der Waals surface area contributed by atoms with Gasteiger partial charge in [0.1, 0.15) is 0 Å². The van der Waals surface area contributed by atoms with E-state index in [4.69, 9.17) is 23.7 Å². The third-order valence-corrected chi connectivity index (χ3v) is 4.44. The van der Waals surface area contributed by atoms with E-state index < -0.39 is 12.0 Å². The molecule has 7 nitrogen and oxygen atoms in total. The van der Waals surface area contributed by atoms with E-state index in [0.717, 1.165) is 0 Å². The molecule has 2 aromatic rings. The van der Waals surface area contributed by atoms with Gasteiger partial charge in [0.15, 0.2) is 23.0 Å². The van der Waals surface area contributed by atoms with Gasteiger partial charge < -0.3 is 33.9 Å². The predicted octanol–water partition coefficient (Wildman–Crippen LogP) is 2.54. The molecule has 0 radical (unpaired) electrons. The number of aliphatic hydroxyl groups excluding tert-OH is 2. The summed E-state index contributed by atoms with van der Waals surface area (Å²) in [4.78, 5) is 0. The van der Waals surface area contributed by atoms with Gasteiger partial charge in [0.05, 0.1) is 48.3 Å². The third-order valence-electron chi connectivity index (χ3n) is 4.44. The highest BCUT2D eigenvalue weighted by Crippen LogP contribution is 2.43. The fourth-order valence-corrected chi connectivity index (χ4v) is 2.98. The first-order chi connectivity index (χ1) is 13.0. The zero-order valence-corrected chi connectivity index (χ0v) is 16.2. The van der Waals surface area contributed by atoms with Crippen molar-refractivity contribution in [3.8, 4) is 28.7 Å². The van der Waals surface area contributed by atoms with Gasteiger partial charge in [-0.2, -0.15) is 0 Å². The second-order valence-electron chi connectivity index (χ2n) is 5.81. The largest absolute Gasteiger partial charge is 0.493 e. The van der Waals surface area contributed by atoms with E-state index in [2.05, 4.69) is 0 Å². The Hall–Kier alpha value is -2.64. The minimum Gasteiger partial charge on any atom is -0.493 e. The van der Waals surface area contributed by atoms with Crippen LogP contribution in [0.3, 0.4) is 0 Å². The summed E-state index contributed by atoms with van der Waals surface area (Å²) in [5.74, 6) is 1.78. The summed E-state index contributed by atoms with van der Waals surface area (Å²) in [5.41, 5.74) is 1.23. The first-order valence-electron chi connectivity index (χ1n) is 8.35. The van der Waals surface area contributed by atoms with E-state index in [9.17, 15) is 10.2 Å². The summed E-state index contributed by atoms with van der Waals surface area (Å²) in [6.45, 7) is -0.271. The normalized spacial score (nSPS) is 12.9. The maximum atomic E-state index is 10.9. The number of hydrogen-bond acceptors (Lipinski definition) is 7. The summed E-state index contributed by atoms with van der Waals surface area (Å²) in [5, 5.41) is 20.9. The highest BCUT2D eigenvalue weighted by molar-refractivity contribution is 5.55. The van der Waals surface area contributed by atoms with Gasteiger partial charge in [-0.05, 0) is 35.4 Å². The van der Waals surface area contributed by atoms with Crippen LogP contribution in [0.1, 0.15) is 23.1 Å². The number of ether oxygens (including phenoxy) is 5. The Labute approximate surface area is 159 Å². The Morgan fingerprint density at radius 1 is 0.704 bits per heavy atom. The van der Waals surface area contributed by atoms with Gasteiger partial charge in [0.2, 0.25) is 5.75 Å². The van der Waals surface area contributed by atoms with Gasteiger partial charge in [-0.25, -0.2) is 0 Å². The van der Waals surface area contributed by atoms with Crippen LogP contribution >= 0.6 is 0 Å². The van der Waals surface area contributed by atoms with Crippen molar-refractivity contribution in [1.29, 1.82) is 0 Å². The van der Waals surface area contributed by atoms with Crippen LogP contribution in [-0.2, 0) is 0 Å². The molecule has 0 heterocycles. The number of methoxy groups -OCH3 is 5. The molecule has 2 rings (SSSR count). The highest BCUT2D eigenvalue weighted by Gasteiger charge is 2.26. The molecule has 27 heavy (non-hydrogen) atoms. The molecule has 0 aliphatic rings. The monoisotopic (exact) mass is 378 g/mol. The minimum absolute atomic E-state index is 0.271. The lowest BCUT2D eigenvalue weighted by Crippen LogP contribution is -2.15. The third kappa shape index (κ3) is 4.20. The summed E-state index contributed by atoms with van der Waals surface area (Å²) < 4.78 is 26.5. The number of rotatable bonds is 9. The second kappa shape index (κ2) is 9.34. The Balaban J connectivity index is 2.46. The van der Waals surface area contributed by atoms with Crippen LogP contribution in [0.4, 0.5) is 0 Å². The van der Waals surface area contributed by atoms with E-state index in [-0.39, 0.29) is 6.61 Å². The Morgan fingerprint density at radius 2 is 1.22 bits per heavy atom. The molecule has 0 bridgehead atoms. The molecule has 2 aromatic carbocycles. The van der Waals surface area contributed by atoms with E-state index in [1.807, 2.05) is 0 Å². The fraction of sp³-hybridized carbons (Fsp3) is 0.400. The van der Waals surface area contributed by atoms with Crippen molar-refractivity contribution in [2.75, 3.05) is 42.2 Å². The maximum Gasteiger partial charge on any atom is 0.203 e. The fourth-order valence-electron chi connectivity index (χ4n) is 2.98. The Morgan fingerprint density at radius 3 is 1.67 bits per heavy atom. The van der Waals surface area contributed by atoms with Crippen LogP contribution in [0.25, 0.3) is 0 Å². The standard InChI is InChI=1S/C20H26O7/c1-23-15-7-6-12(8-16(15)24-2)14(11-21)19(22)13-9-17(25-3)20(27-5)18(10-13)26-4/h6-10,14,19,21-22H,11H2,1-5H3/t14-,19+/m1/s1. The van der Waals surface area contributed by atoms with Crippen molar-refractivity contribution in [2.45, 2.75) is 12.0 Å². The van der Waals surface area contributed by atoms with Crippen molar-refractivity contribution in [3.63, 3.8) is 0 Å². The molecule has 0 spiro atoms. The molecule has 7 heteroatoms. The summed E-state index contributed by atoms with van der Waals surface area (Å²) in [6, 6.07) is 8.58. The van der Waals surface area contributed by atoms with Crippen LogP contribution in [-0.4, -0.2) is 52.4 Å². The lowest BCUT2D eigenvalue weighted by atomic mass is 9.89. The average Bonchev–Trinajstić information content (AvgIpc) is 2.72. The first-order valence-corrected chi connectivity index (χ1v) is 8.35. The number of aliphatic hydroxyl groups is 2. The smallest absolute Gasteiger partial charge is 0.203 e. The van der Waals surface area contributed by atoms with Gasteiger partial charge >= 0.3 is 0 Å². The van der Waals surface area contributed by atoms with Gasteiger partial charge in [0, 0.05) is 5.92 Å². The van der Waals surface area contributed by atoms with E-state index in [0.29, 0.717) is 39.9 Å². The Bertz CT molecular complexity index is 735. The van der Waals surface area contributed by atoms with E-state index in [1.54, 1.807) is 37.4 Å². The van der Waals surface area contributed by atoms with Crippen molar-refractivity contribution in [3.05, 3.63) is 41.5 Å². The summed E-state index contributed by atoms with van der Waals surface area (Å²) in [6.07, 6.45) is -1.01. The molecule has 0 aliphatic carbocycles. The highest BCUT2D eigenvalue weighted by atomic mass is 16.5. The van der Waals surface area contributed by atoms with E-state index >= 15 is 0 Å². The molecule has 0 amide bonds. The predicted molar refractivity (Wildman–Crippen MR) is 100 cm³/mol. The van der Waals surface area contributed by atoms with E-state index in [1.165, 1.54) is 28.4 Å². The van der Waals surface area contributed by atoms with Crippen molar-refractivity contribution < 1.29 is 33.9 Å². The molecule has 0 aromatic heterocycles. The molecule has 0 saturated carbocycles. The Kier molecular flexibility index (Phi) is 7.15. The molecule has 2 atom stereocenters. The number of hydrogen-bond donors (Lipinski definition) is 2. The molecular formula is C20H26O7. The van der Waals surface area contributed by atoms with Crippen LogP contribution < -0.4 is 23.7 Å². The zero-order chi connectivity index (χ0) is 20.0. The molecule has 0 saturated heterocycles. The summed E-state index contributed by atoms with van der Waals surface area (Å²) in [7, 11) is 7.60. The zero-order valence-electron chi connectivity index (χ0n) is 16.2. The lowest BCUT2D eigenvalue weighted by Gasteiger charge is -2.24. The van der Waals surface area contributed by atoms with Gasteiger partial charge in [0.25, 0.3) is 0 Å². The SMILES string of the molecule is COc1ccc([C@@H](CO)[C@@H](O)c2cc(OC)c(OC)c(OC)c2)cc1OC. The topological polar surface area (TPSA) is 86.6 Å². The first kappa shape index (κ1) is 20.7. The van der Waals surface area contributed by atoms with Gasteiger partial charge in [-0.3, -0.25) is 0 Å². The van der Waals surface area contributed by atoms with Crippen molar-refractivity contribution >= 4 is 0 Å². The van der Waals surface area contributed by atoms with Crippen LogP contribution in [0, 0.1) is 0 Å². The second-order valence-corrected chi connectivity index (χ2v) is 5.81. The molecule has 0 fully saturated rings. The minimum atomic E-state index is -1.01. The average molecular weight is 378 g/mol. The summed E-state index contributed by atoms with van der Waals surface area (Å²) >= 11 is 0. The van der Waals surface area contributed by atoms with Gasteiger partial charge in [-0.1, -0.05) is 6.07 Å². The van der Waals surface area contributed by atoms with Crippen LogP contribution in [0.5, 0.6) is 28.7 Å². The molecule has 148 valence electrons. The van der Waals surface area contributed by atoms with Crippen molar-refractivity contribution in [1.82, 2.24) is 0 Å². The molecular weight excluding hydrogens is 352 g/mol.